The van der Waals surface area contributed by atoms with Gasteiger partial charge in [0.2, 0.25) is 5.91 Å². The van der Waals surface area contributed by atoms with Crippen LogP contribution in [0.4, 0.5) is 4.79 Å². The van der Waals surface area contributed by atoms with Gasteiger partial charge in [0.25, 0.3) is 5.91 Å². The Bertz CT molecular complexity index is 635. The van der Waals surface area contributed by atoms with Crippen LogP contribution >= 0.6 is 11.3 Å². The van der Waals surface area contributed by atoms with Gasteiger partial charge in [-0.25, -0.2) is 4.79 Å². The molecular weight excluding hydrogens is 364 g/mol. The third kappa shape index (κ3) is 5.69. The molecule has 8 heteroatoms. The number of piperazine rings is 1. The number of nitrogens with one attached hydrogen (secondary N) is 2. The number of carbonyl (C=O) groups excluding carboxylic acids is 3. The molecule has 27 heavy (non-hydrogen) atoms. The summed E-state index contributed by atoms with van der Waals surface area (Å²) in [7, 11) is 0. The smallest absolute Gasteiger partial charge is 0.317 e. The second kappa shape index (κ2) is 9.73. The maximum atomic E-state index is 12.4. The van der Waals surface area contributed by atoms with E-state index in [-0.39, 0.29) is 24.3 Å². The van der Waals surface area contributed by atoms with Crippen LogP contribution < -0.4 is 10.6 Å². The molecule has 148 valence electrons. The molecule has 0 radical (unpaired) electrons. The van der Waals surface area contributed by atoms with Gasteiger partial charge in [0.05, 0.1) is 4.88 Å². The second-order valence-electron chi connectivity index (χ2n) is 7.14. The van der Waals surface area contributed by atoms with Gasteiger partial charge in [-0.15, -0.1) is 11.3 Å². The molecule has 0 spiro atoms. The van der Waals surface area contributed by atoms with Crippen molar-refractivity contribution in [1.82, 2.24) is 20.4 Å². The summed E-state index contributed by atoms with van der Waals surface area (Å²) in [4.78, 5) is 40.8. The zero-order valence-corrected chi connectivity index (χ0v) is 16.4. The van der Waals surface area contributed by atoms with Crippen LogP contribution in [0.2, 0.25) is 0 Å². The van der Waals surface area contributed by atoms with Crippen LogP contribution in [0.5, 0.6) is 0 Å². The summed E-state index contributed by atoms with van der Waals surface area (Å²) in [6.45, 7) is 2.56. The minimum absolute atomic E-state index is 0.00258. The van der Waals surface area contributed by atoms with E-state index in [0.29, 0.717) is 43.6 Å². The number of nitrogens with zero attached hydrogens (tertiary/aromatic N) is 2. The lowest BCUT2D eigenvalue weighted by atomic mass is 9.96. The lowest BCUT2D eigenvalue weighted by Gasteiger charge is -2.36. The molecule has 0 bridgehead atoms. The van der Waals surface area contributed by atoms with Gasteiger partial charge in [-0.2, -0.15) is 0 Å². The molecule has 0 aromatic carbocycles. The third-order valence-electron chi connectivity index (χ3n) is 5.22. The zero-order chi connectivity index (χ0) is 19.1. The lowest BCUT2D eigenvalue weighted by Crippen LogP contribution is -2.54. The monoisotopic (exact) mass is 392 g/mol. The maximum absolute atomic E-state index is 12.4. The van der Waals surface area contributed by atoms with E-state index in [1.165, 1.54) is 30.6 Å². The summed E-state index contributed by atoms with van der Waals surface area (Å²) in [5.41, 5.74) is 0. The molecule has 0 unspecified atom stereocenters. The minimum atomic E-state index is -0.137. The Morgan fingerprint density at radius 2 is 1.74 bits per heavy atom. The molecule has 1 saturated heterocycles. The van der Waals surface area contributed by atoms with Crippen LogP contribution in [0.25, 0.3) is 0 Å². The van der Waals surface area contributed by atoms with Crippen molar-refractivity contribution >= 4 is 29.2 Å². The number of hydrogen-bond donors (Lipinski definition) is 2. The summed E-state index contributed by atoms with van der Waals surface area (Å²) < 4.78 is 0. The van der Waals surface area contributed by atoms with Crippen LogP contribution in [-0.4, -0.2) is 66.4 Å². The van der Waals surface area contributed by atoms with E-state index in [9.17, 15) is 14.4 Å². The van der Waals surface area contributed by atoms with Crippen LogP contribution in [0.1, 0.15) is 48.2 Å². The topological polar surface area (TPSA) is 81.8 Å². The Labute approximate surface area is 164 Å². The predicted octanol–water partition coefficient (Wildman–Crippen LogP) is 2.05. The van der Waals surface area contributed by atoms with Gasteiger partial charge < -0.3 is 20.4 Å². The fraction of sp³-hybridized carbons (Fsp3) is 0.632. The molecule has 1 aromatic rings. The van der Waals surface area contributed by atoms with Gasteiger partial charge in [-0.05, 0) is 24.3 Å². The SMILES string of the molecule is O=C(NCCC(=O)N1CCN(C(=O)NC2CCCCC2)CC1)c1cccs1. The number of urea groups is 1. The van der Waals surface area contributed by atoms with Crippen molar-refractivity contribution in [3.8, 4) is 0 Å². The minimum Gasteiger partial charge on any atom is -0.351 e. The highest BCUT2D eigenvalue weighted by Gasteiger charge is 2.25. The number of carbonyl (C=O) groups is 3. The molecule has 2 N–H and O–H groups in total. The quantitative estimate of drug-likeness (QED) is 0.805. The van der Waals surface area contributed by atoms with Crippen molar-refractivity contribution in [1.29, 1.82) is 0 Å². The van der Waals surface area contributed by atoms with Gasteiger partial charge in [0.1, 0.15) is 0 Å². The van der Waals surface area contributed by atoms with E-state index in [1.54, 1.807) is 15.9 Å². The Morgan fingerprint density at radius 3 is 2.41 bits per heavy atom. The fourth-order valence-electron chi connectivity index (χ4n) is 3.61. The Hall–Kier alpha value is -2.09. The van der Waals surface area contributed by atoms with Gasteiger partial charge in [-0.1, -0.05) is 25.3 Å². The second-order valence-corrected chi connectivity index (χ2v) is 8.08. The van der Waals surface area contributed by atoms with Crippen LogP contribution in [0.3, 0.4) is 0 Å². The van der Waals surface area contributed by atoms with E-state index in [2.05, 4.69) is 10.6 Å². The highest BCUT2D eigenvalue weighted by Crippen LogP contribution is 2.17. The molecule has 0 atom stereocenters. The molecular formula is C19H28N4O3S. The molecule has 4 amide bonds. The predicted molar refractivity (Wildman–Crippen MR) is 105 cm³/mol. The number of amides is 4. The standard InChI is InChI=1S/C19H28N4O3S/c24-17(8-9-20-18(25)16-7-4-14-27-16)22-10-12-23(13-11-22)19(26)21-15-5-2-1-3-6-15/h4,7,14-15H,1-3,5-6,8-13H2,(H,20,25)(H,21,26). The largest absolute Gasteiger partial charge is 0.351 e. The highest BCUT2D eigenvalue weighted by molar-refractivity contribution is 7.12. The third-order valence-corrected chi connectivity index (χ3v) is 6.09. The van der Waals surface area contributed by atoms with E-state index in [4.69, 9.17) is 0 Å². The van der Waals surface area contributed by atoms with Crippen molar-refractivity contribution in [3.63, 3.8) is 0 Å². The van der Waals surface area contributed by atoms with Gasteiger partial charge in [-0.3, -0.25) is 9.59 Å². The molecule has 1 aliphatic heterocycles. The molecule has 1 aliphatic carbocycles. The zero-order valence-electron chi connectivity index (χ0n) is 15.6. The average Bonchev–Trinajstić information content (AvgIpc) is 3.23. The van der Waals surface area contributed by atoms with E-state index in [0.717, 1.165) is 12.8 Å². The Morgan fingerprint density at radius 1 is 1.04 bits per heavy atom. The lowest BCUT2D eigenvalue weighted by molar-refractivity contribution is -0.132. The fourth-order valence-corrected chi connectivity index (χ4v) is 4.25. The summed E-state index contributed by atoms with van der Waals surface area (Å²) in [5.74, 6) is -0.115. The molecule has 1 aromatic heterocycles. The summed E-state index contributed by atoms with van der Waals surface area (Å²) in [5, 5.41) is 7.76. The van der Waals surface area contributed by atoms with Gasteiger partial charge in [0.15, 0.2) is 0 Å². The van der Waals surface area contributed by atoms with Gasteiger partial charge in [0, 0.05) is 45.2 Å². The van der Waals surface area contributed by atoms with Crippen molar-refractivity contribution in [2.75, 3.05) is 32.7 Å². The van der Waals surface area contributed by atoms with E-state index >= 15 is 0 Å². The van der Waals surface area contributed by atoms with Crippen molar-refractivity contribution < 1.29 is 14.4 Å². The van der Waals surface area contributed by atoms with Crippen molar-refractivity contribution in [2.24, 2.45) is 0 Å². The average molecular weight is 393 g/mol. The number of hydrogen-bond acceptors (Lipinski definition) is 4. The number of rotatable bonds is 5. The van der Waals surface area contributed by atoms with Gasteiger partial charge >= 0.3 is 6.03 Å². The summed E-state index contributed by atoms with van der Waals surface area (Å²) in [6.07, 6.45) is 6.07. The van der Waals surface area contributed by atoms with E-state index in [1.807, 2.05) is 11.4 Å². The molecule has 1 saturated carbocycles. The van der Waals surface area contributed by atoms with Crippen molar-refractivity contribution in [3.05, 3.63) is 22.4 Å². The summed E-state index contributed by atoms with van der Waals surface area (Å²) in [6, 6.07) is 3.89. The molecule has 3 rings (SSSR count). The number of thiophene rings is 1. The van der Waals surface area contributed by atoms with E-state index < -0.39 is 0 Å². The van der Waals surface area contributed by atoms with Crippen LogP contribution in [-0.2, 0) is 4.79 Å². The molecule has 7 nitrogen and oxygen atoms in total. The molecule has 2 heterocycles. The normalized spacial score (nSPS) is 18.2. The maximum Gasteiger partial charge on any atom is 0.317 e. The van der Waals surface area contributed by atoms with Crippen LogP contribution in [0, 0.1) is 0 Å². The molecule has 2 fully saturated rings. The first kappa shape index (κ1) is 19.7. The highest BCUT2D eigenvalue weighted by atomic mass is 32.1. The Kier molecular flexibility index (Phi) is 7.09. The molecule has 2 aliphatic rings. The summed E-state index contributed by atoms with van der Waals surface area (Å²) >= 11 is 1.38. The first-order chi connectivity index (χ1) is 13.1. The first-order valence-electron chi connectivity index (χ1n) is 9.78. The first-order valence-corrected chi connectivity index (χ1v) is 10.7. The van der Waals surface area contributed by atoms with Crippen LogP contribution in [0.15, 0.2) is 17.5 Å². The van der Waals surface area contributed by atoms with Crippen molar-refractivity contribution in [2.45, 2.75) is 44.6 Å². The Balaban J connectivity index is 1.33.